The first-order valence-corrected chi connectivity index (χ1v) is 7.51. The van der Waals surface area contributed by atoms with Crippen LogP contribution < -0.4 is 5.73 Å². The van der Waals surface area contributed by atoms with Gasteiger partial charge < -0.3 is 5.73 Å². The van der Waals surface area contributed by atoms with Gasteiger partial charge in [-0.25, -0.2) is 0 Å². The van der Waals surface area contributed by atoms with Gasteiger partial charge in [-0.15, -0.1) is 0 Å². The van der Waals surface area contributed by atoms with Gasteiger partial charge in [-0.1, -0.05) is 23.7 Å². The molecule has 4 heteroatoms. The van der Waals surface area contributed by atoms with Crippen molar-refractivity contribution in [3.8, 4) is 0 Å². The number of benzene rings is 1. The van der Waals surface area contributed by atoms with Gasteiger partial charge in [0.25, 0.3) is 0 Å². The molecule has 2 unspecified atom stereocenters. The van der Waals surface area contributed by atoms with E-state index in [1.165, 1.54) is 23.5 Å². The molecule has 2 N–H and O–H groups in total. The summed E-state index contributed by atoms with van der Waals surface area (Å²) in [4.78, 5) is 2.42. The van der Waals surface area contributed by atoms with Crippen molar-refractivity contribution >= 4 is 23.4 Å². The normalized spacial score (nSPS) is 22.0. The van der Waals surface area contributed by atoms with E-state index >= 15 is 0 Å². The van der Waals surface area contributed by atoms with Crippen molar-refractivity contribution in [1.82, 2.24) is 4.90 Å². The van der Waals surface area contributed by atoms with Crippen LogP contribution in [-0.4, -0.2) is 36.0 Å². The minimum absolute atomic E-state index is 0.302. The lowest BCUT2D eigenvalue weighted by molar-refractivity contribution is 0.193. The zero-order valence-corrected chi connectivity index (χ0v) is 11.7. The molecule has 17 heavy (non-hydrogen) atoms. The van der Waals surface area contributed by atoms with Crippen LogP contribution >= 0.6 is 23.4 Å². The maximum Gasteiger partial charge on any atom is 0.0470 e. The quantitative estimate of drug-likeness (QED) is 0.912. The molecule has 0 amide bonds. The van der Waals surface area contributed by atoms with E-state index in [1.54, 1.807) is 0 Å². The predicted molar refractivity (Wildman–Crippen MR) is 76.7 cm³/mol. The highest BCUT2D eigenvalue weighted by Gasteiger charge is 2.26. The number of halogens is 1. The summed E-state index contributed by atoms with van der Waals surface area (Å²) in [6.45, 7) is 0.652. The lowest BCUT2D eigenvalue weighted by Crippen LogP contribution is -2.38. The Bertz CT molecular complexity index is 349. The molecular weight excluding hydrogens is 252 g/mol. The third-order valence-corrected chi connectivity index (χ3v) is 4.85. The lowest BCUT2D eigenvalue weighted by atomic mass is 10.0. The van der Waals surface area contributed by atoms with Crippen LogP contribution in [0.4, 0.5) is 0 Å². The number of hydrogen-bond acceptors (Lipinski definition) is 3. The van der Waals surface area contributed by atoms with Crippen molar-refractivity contribution in [2.45, 2.75) is 18.5 Å². The number of nitrogens with two attached hydrogens (primary N) is 1. The summed E-state index contributed by atoms with van der Waals surface area (Å²) in [7, 11) is 2.18. The third-order valence-electron chi connectivity index (χ3n) is 3.45. The molecule has 1 aromatic rings. The largest absolute Gasteiger partial charge is 0.329 e. The van der Waals surface area contributed by atoms with Crippen LogP contribution in [0.1, 0.15) is 18.0 Å². The van der Waals surface area contributed by atoms with Gasteiger partial charge >= 0.3 is 0 Å². The molecule has 0 radical (unpaired) electrons. The summed E-state index contributed by atoms with van der Waals surface area (Å²) in [6, 6.07) is 9.00. The summed E-state index contributed by atoms with van der Waals surface area (Å²) in [5, 5.41) is 0.781. The Morgan fingerprint density at radius 3 is 2.71 bits per heavy atom. The Labute approximate surface area is 113 Å². The Balaban J connectivity index is 2.11. The molecule has 1 aliphatic rings. The van der Waals surface area contributed by atoms with Gasteiger partial charge in [0, 0.05) is 29.4 Å². The Morgan fingerprint density at radius 2 is 2.18 bits per heavy atom. The summed E-state index contributed by atoms with van der Waals surface area (Å²) in [5.41, 5.74) is 7.19. The molecule has 1 saturated heterocycles. The minimum Gasteiger partial charge on any atom is -0.329 e. The first kappa shape index (κ1) is 13.2. The second-order valence-corrected chi connectivity index (χ2v) is 6.07. The second-order valence-electron chi connectivity index (χ2n) is 4.49. The van der Waals surface area contributed by atoms with Crippen LogP contribution in [0, 0.1) is 0 Å². The van der Waals surface area contributed by atoms with Gasteiger partial charge in [0.2, 0.25) is 0 Å². The number of thioether (sulfide) groups is 1. The molecule has 2 nitrogen and oxygen atoms in total. The maximum absolute atomic E-state index is 5.93. The van der Waals surface area contributed by atoms with Crippen molar-refractivity contribution in [2.24, 2.45) is 5.73 Å². The summed E-state index contributed by atoms with van der Waals surface area (Å²) in [5.74, 6) is 2.49. The molecule has 1 aliphatic heterocycles. The van der Waals surface area contributed by atoms with E-state index in [4.69, 9.17) is 17.3 Å². The molecule has 1 heterocycles. The van der Waals surface area contributed by atoms with Crippen molar-refractivity contribution in [3.63, 3.8) is 0 Å². The molecule has 0 spiro atoms. The average molecular weight is 271 g/mol. The molecule has 0 bridgehead atoms. The average Bonchev–Trinajstić information content (AvgIpc) is 2.86. The molecule has 2 atom stereocenters. The van der Waals surface area contributed by atoms with E-state index in [-0.39, 0.29) is 0 Å². The molecule has 0 aromatic heterocycles. The highest BCUT2D eigenvalue weighted by molar-refractivity contribution is 7.99. The monoisotopic (exact) mass is 270 g/mol. The predicted octanol–water partition coefficient (Wildman–Crippen LogP) is 2.78. The van der Waals surface area contributed by atoms with Gasteiger partial charge in [-0.3, -0.25) is 4.90 Å². The molecule has 0 saturated carbocycles. The molecular formula is C13H19ClN2S. The van der Waals surface area contributed by atoms with Crippen LogP contribution in [0.15, 0.2) is 24.3 Å². The molecule has 94 valence electrons. The number of nitrogens with zero attached hydrogens (tertiary/aromatic N) is 1. The minimum atomic E-state index is 0.302. The fourth-order valence-electron chi connectivity index (χ4n) is 2.32. The molecule has 2 rings (SSSR count). The first-order valence-electron chi connectivity index (χ1n) is 5.97. The van der Waals surface area contributed by atoms with Gasteiger partial charge in [0.05, 0.1) is 0 Å². The van der Waals surface area contributed by atoms with Gasteiger partial charge in [-0.2, -0.15) is 11.8 Å². The lowest BCUT2D eigenvalue weighted by Gasteiger charge is -2.32. The first-order chi connectivity index (χ1) is 8.22. The topological polar surface area (TPSA) is 29.3 Å². The van der Waals surface area contributed by atoms with E-state index in [1.807, 2.05) is 23.9 Å². The Kier molecular flexibility index (Phi) is 4.74. The fourth-order valence-corrected chi connectivity index (χ4v) is 3.73. The van der Waals surface area contributed by atoms with Crippen LogP contribution in [0.5, 0.6) is 0 Å². The Morgan fingerprint density at radius 1 is 1.47 bits per heavy atom. The number of rotatable bonds is 4. The second kappa shape index (κ2) is 6.10. The van der Waals surface area contributed by atoms with E-state index in [0.717, 1.165) is 5.02 Å². The van der Waals surface area contributed by atoms with E-state index in [9.17, 15) is 0 Å². The molecule has 1 fully saturated rings. The SMILES string of the molecule is CN(C1CCSC1)C(CN)c1ccc(Cl)cc1. The highest BCUT2D eigenvalue weighted by atomic mass is 35.5. The Hall–Kier alpha value is -0.220. The fraction of sp³-hybridized carbons (Fsp3) is 0.538. The van der Waals surface area contributed by atoms with Crippen molar-refractivity contribution in [3.05, 3.63) is 34.9 Å². The van der Waals surface area contributed by atoms with Gasteiger partial charge in [-0.05, 0) is 36.9 Å². The van der Waals surface area contributed by atoms with Gasteiger partial charge in [0.1, 0.15) is 0 Å². The summed E-state index contributed by atoms with van der Waals surface area (Å²) >= 11 is 7.95. The van der Waals surface area contributed by atoms with Crippen molar-refractivity contribution in [2.75, 3.05) is 25.1 Å². The number of likely N-dealkylation sites (N-methyl/N-ethyl adjacent to an activating group) is 1. The molecule has 1 aromatic carbocycles. The molecule has 0 aliphatic carbocycles. The van der Waals surface area contributed by atoms with E-state index < -0.39 is 0 Å². The zero-order chi connectivity index (χ0) is 12.3. The summed E-state index contributed by atoms with van der Waals surface area (Å²) < 4.78 is 0. The zero-order valence-electron chi connectivity index (χ0n) is 10.1. The third kappa shape index (κ3) is 3.16. The van der Waals surface area contributed by atoms with Crippen molar-refractivity contribution < 1.29 is 0 Å². The van der Waals surface area contributed by atoms with Gasteiger partial charge in [0.15, 0.2) is 0 Å². The highest BCUT2D eigenvalue weighted by Crippen LogP contribution is 2.28. The maximum atomic E-state index is 5.93. The summed E-state index contributed by atoms with van der Waals surface area (Å²) in [6.07, 6.45) is 1.27. The van der Waals surface area contributed by atoms with Crippen molar-refractivity contribution in [1.29, 1.82) is 0 Å². The number of hydrogen-bond donors (Lipinski definition) is 1. The van der Waals surface area contributed by atoms with E-state index in [2.05, 4.69) is 24.1 Å². The van der Waals surface area contributed by atoms with Crippen LogP contribution in [-0.2, 0) is 0 Å². The van der Waals surface area contributed by atoms with E-state index in [0.29, 0.717) is 18.6 Å². The standard InChI is InChI=1S/C13H19ClN2S/c1-16(12-6-7-17-9-12)13(8-15)10-2-4-11(14)5-3-10/h2-5,12-13H,6-9,15H2,1H3. The van der Waals surface area contributed by atoms with Crippen LogP contribution in [0.3, 0.4) is 0 Å². The smallest absolute Gasteiger partial charge is 0.0470 e. The van der Waals surface area contributed by atoms with Crippen LogP contribution in [0.2, 0.25) is 5.02 Å². The van der Waals surface area contributed by atoms with Crippen LogP contribution in [0.25, 0.3) is 0 Å².